The zero-order valence-corrected chi connectivity index (χ0v) is 13.0. The summed E-state index contributed by atoms with van der Waals surface area (Å²) in [6, 6.07) is 8.46. The molecule has 1 aliphatic rings. The Kier molecular flexibility index (Phi) is 3.18. The van der Waals surface area contributed by atoms with Gasteiger partial charge in [0, 0.05) is 32.3 Å². The van der Waals surface area contributed by atoms with E-state index in [-0.39, 0.29) is 6.04 Å². The normalized spacial score (nSPS) is 17.6. The third-order valence-corrected chi connectivity index (χ3v) is 4.11. The number of hydrazone groups is 1. The monoisotopic (exact) mass is 307 g/mol. The lowest BCUT2D eigenvalue weighted by molar-refractivity contribution is 0.290. The molecule has 0 amide bonds. The Morgan fingerprint density at radius 1 is 1.09 bits per heavy atom. The Hall–Kier alpha value is -2.96. The van der Waals surface area contributed by atoms with Gasteiger partial charge in [-0.3, -0.25) is 9.69 Å². The Bertz CT molecular complexity index is 830. The van der Waals surface area contributed by atoms with Gasteiger partial charge in [0.15, 0.2) is 0 Å². The van der Waals surface area contributed by atoms with Crippen molar-refractivity contribution in [3.8, 4) is 5.69 Å². The first-order valence-electron chi connectivity index (χ1n) is 7.45. The largest absolute Gasteiger partial charge is 0.292 e. The van der Waals surface area contributed by atoms with Crippen LogP contribution in [0.4, 0.5) is 0 Å². The maximum Gasteiger partial charge on any atom is 0.138 e. The summed E-state index contributed by atoms with van der Waals surface area (Å²) in [6.45, 7) is 0. The number of aryl methyl sites for hydroxylation is 1. The first-order chi connectivity index (χ1) is 11.2. The van der Waals surface area contributed by atoms with Crippen molar-refractivity contribution < 1.29 is 0 Å². The molecule has 0 radical (unpaired) electrons. The molecule has 7 nitrogen and oxygen atoms in total. The van der Waals surface area contributed by atoms with Crippen LogP contribution in [0.15, 0.2) is 54.4 Å². The number of aromatic nitrogens is 5. The van der Waals surface area contributed by atoms with Crippen LogP contribution in [-0.4, -0.2) is 42.3 Å². The molecule has 3 aromatic rings. The van der Waals surface area contributed by atoms with Gasteiger partial charge in [-0.05, 0) is 17.7 Å². The van der Waals surface area contributed by atoms with Gasteiger partial charge in [-0.25, -0.2) is 9.67 Å². The maximum atomic E-state index is 4.70. The van der Waals surface area contributed by atoms with E-state index in [4.69, 9.17) is 5.10 Å². The second kappa shape index (κ2) is 5.35. The van der Waals surface area contributed by atoms with Crippen LogP contribution in [0, 0.1) is 0 Å². The summed E-state index contributed by atoms with van der Waals surface area (Å²) in [5.41, 5.74) is 4.40. The molecule has 1 aromatic carbocycles. The fourth-order valence-corrected chi connectivity index (χ4v) is 2.89. The molecule has 4 rings (SSSR count). The molecular weight excluding hydrogens is 290 g/mol. The Morgan fingerprint density at radius 3 is 2.57 bits per heavy atom. The molecule has 1 aliphatic heterocycles. The summed E-state index contributed by atoms with van der Waals surface area (Å²) in [4.78, 5) is 3.97. The summed E-state index contributed by atoms with van der Waals surface area (Å²) < 4.78 is 3.57. The van der Waals surface area contributed by atoms with Gasteiger partial charge >= 0.3 is 0 Å². The van der Waals surface area contributed by atoms with E-state index in [2.05, 4.69) is 27.3 Å². The molecule has 7 heteroatoms. The third-order valence-electron chi connectivity index (χ3n) is 4.11. The quantitative estimate of drug-likeness (QED) is 0.740. The van der Waals surface area contributed by atoms with Crippen LogP contribution in [0.5, 0.6) is 0 Å². The molecule has 1 atom stereocenters. The molecule has 0 aliphatic carbocycles. The van der Waals surface area contributed by atoms with Crippen molar-refractivity contribution in [2.75, 3.05) is 7.05 Å². The third kappa shape index (κ3) is 2.50. The summed E-state index contributed by atoms with van der Waals surface area (Å²) in [5, 5.41) is 15.1. The number of rotatable bonds is 3. The lowest BCUT2D eigenvalue weighted by atomic mass is 10.0. The van der Waals surface area contributed by atoms with Gasteiger partial charge in [0.25, 0.3) is 0 Å². The zero-order valence-electron chi connectivity index (χ0n) is 13.0. The molecule has 0 spiro atoms. The Morgan fingerprint density at radius 2 is 1.91 bits per heavy atom. The minimum Gasteiger partial charge on any atom is -0.292 e. The fraction of sp³-hybridized carbons (Fsp3) is 0.250. The van der Waals surface area contributed by atoms with Crippen molar-refractivity contribution in [1.82, 2.24) is 29.6 Å². The van der Waals surface area contributed by atoms with Gasteiger partial charge in [-0.15, -0.1) is 0 Å². The van der Waals surface area contributed by atoms with Crippen molar-refractivity contribution in [2.45, 2.75) is 12.5 Å². The number of benzene rings is 1. The predicted molar refractivity (Wildman–Crippen MR) is 86.2 cm³/mol. The lowest BCUT2D eigenvalue weighted by Crippen LogP contribution is -2.13. The molecule has 0 saturated heterocycles. The van der Waals surface area contributed by atoms with Gasteiger partial charge in [-0.2, -0.15) is 15.3 Å². The standard InChI is InChI=1S/C16H17N7/c1-21-9-13(8-18-21)16-7-15(20-22(16)2)12-3-5-14(6-4-12)23-11-17-10-19-23/h3-6,8-11,16H,7H2,1-2H3/t16-/m0/s1. The van der Waals surface area contributed by atoms with Crippen molar-refractivity contribution in [3.63, 3.8) is 0 Å². The van der Waals surface area contributed by atoms with Crippen molar-refractivity contribution >= 4 is 5.71 Å². The van der Waals surface area contributed by atoms with E-state index < -0.39 is 0 Å². The van der Waals surface area contributed by atoms with E-state index in [1.165, 1.54) is 11.9 Å². The molecule has 0 unspecified atom stereocenters. The van der Waals surface area contributed by atoms with Crippen molar-refractivity contribution in [2.24, 2.45) is 12.1 Å². The lowest BCUT2D eigenvalue weighted by Gasteiger charge is -2.16. The van der Waals surface area contributed by atoms with Gasteiger partial charge in [-0.1, -0.05) is 12.1 Å². The SMILES string of the molecule is CN1N=C(c2ccc(-n3cncn3)cc2)C[C@H]1c1cnn(C)c1. The van der Waals surface area contributed by atoms with Gasteiger partial charge in [0.1, 0.15) is 12.7 Å². The van der Waals surface area contributed by atoms with Crippen LogP contribution in [-0.2, 0) is 7.05 Å². The van der Waals surface area contributed by atoms with E-state index in [1.54, 1.807) is 11.0 Å². The summed E-state index contributed by atoms with van der Waals surface area (Å²) in [7, 11) is 3.94. The average molecular weight is 307 g/mol. The Balaban J connectivity index is 1.56. The van der Waals surface area contributed by atoms with Crippen LogP contribution in [0.2, 0.25) is 0 Å². The molecular formula is C16H17N7. The minimum absolute atomic E-state index is 0.244. The highest BCUT2D eigenvalue weighted by Crippen LogP contribution is 2.30. The van der Waals surface area contributed by atoms with Crippen molar-refractivity contribution in [1.29, 1.82) is 0 Å². The summed E-state index contributed by atoms with van der Waals surface area (Å²) >= 11 is 0. The molecule has 0 saturated carbocycles. The number of nitrogens with zero attached hydrogens (tertiary/aromatic N) is 7. The number of hydrogen-bond acceptors (Lipinski definition) is 5. The second-order valence-corrected chi connectivity index (χ2v) is 5.67. The highest BCUT2D eigenvalue weighted by Gasteiger charge is 2.27. The fourth-order valence-electron chi connectivity index (χ4n) is 2.89. The van der Waals surface area contributed by atoms with Gasteiger partial charge < -0.3 is 0 Å². The molecule has 0 bridgehead atoms. The van der Waals surface area contributed by atoms with Crippen LogP contribution in [0.1, 0.15) is 23.6 Å². The van der Waals surface area contributed by atoms with E-state index in [0.717, 1.165) is 23.4 Å². The van der Waals surface area contributed by atoms with Gasteiger partial charge in [0.2, 0.25) is 0 Å². The summed E-state index contributed by atoms with van der Waals surface area (Å²) in [6.07, 6.45) is 8.06. The maximum absolute atomic E-state index is 4.70. The molecule has 116 valence electrons. The topological polar surface area (TPSA) is 64.1 Å². The Labute approximate surface area is 133 Å². The molecule has 23 heavy (non-hydrogen) atoms. The average Bonchev–Trinajstić information content (AvgIpc) is 3.28. The van der Waals surface area contributed by atoms with Crippen LogP contribution in [0.25, 0.3) is 5.69 Å². The highest BCUT2D eigenvalue weighted by atomic mass is 15.5. The number of hydrogen-bond donors (Lipinski definition) is 0. The highest BCUT2D eigenvalue weighted by molar-refractivity contribution is 6.01. The molecule has 0 N–H and O–H groups in total. The molecule has 2 aromatic heterocycles. The predicted octanol–water partition coefficient (Wildman–Crippen LogP) is 1.78. The van der Waals surface area contributed by atoms with E-state index >= 15 is 0 Å². The first-order valence-corrected chi connectivity index (χ1v) is 7.45. The zero-order chi connectivity index (χ0) is 15.8. The van der Waals surface area contributed by atoms with Gasteiger partial charge in [0.05, 0.1) is 23.6 Å². The molecule has 3 heterocycles. The molecule has 0 fully saturated rings. The first kappa shape index (κ1) is 13.7. The minimum atomic E-state index is 0.244. The summed E-state index contributed by atoms with van der Waals surface area (Å²) in [5.74, 6) is 0. The van der Waals surface area contributed by atoms with E-state index in [1.807, 2.05) is 48.3 Å². The smallest absolute Gasteiger partial charge is 0.138 e. The van der Waals surface area contributed by atoms with Crippen LogP contribution < -0.4 is 0 Å². The van der Waals surface area contributed by atoms with Crippen LogP contribution >= 0.6 is 0 Å². The van der Waals surface area contributed by atoms with Crippen molar-refractivity contribution in [3.05, 3.63) is 60.4 Å². The van der Waals surface area contributed by atoms with Crippen LogP contribution in [0.3, 0.4) is 0 Å². The van der Waals surface area contributed by atoms with E-state index in [9.17, 15) is 0 Å². The van der Waals surface area contributed by atoms with E-state index in [0.29, 0.717) is 0 Å². The second-order valence-electron chi connectivity index (χ2n) is 5.67.